The Morgan fingerprint density at radius 1 is 1.35 bits per heavy atom. The molecule has 0 radical (unpaired) electrons. The first-order chi connectivity index (χ1) is 8.04. The van der Waals surface area contributed by atoms with Crippen molar-refractivity contribution in [3.05, 3.63) is 11.1 Å². The van der Waals surface area contributed by atoms with Crippen molar-refractivity contribution in [3.63, 3.8) is 0 Å². The molecular weight excluding hydrogens is 224 g/mol. The van der Waals surface area contributed by atoms with Crippen molar-refractivity contribution in [1.82, 2.24) is 0 Å². The van der Waals surface area contributed by atoms with Crippen LogP contribution in [0.25, 0.3) is 0 Å². The molecular formula is C12H18O5. The number of rotatable bonds is 2. The Morgan fingerprint density at radius 3 is 2.71 bits per heavy atom. The quantitative estimate of drug-likeness (QED) is 0.588. The molecule has 4 atom stereocenters. The van der Waals surface area contributed by atoms with Crippen molar-refractivity contribution in [2.45, 2.75) is 57.0 Å². The Labute approximate surface area is 99.7 Å². The zero-order valence-electron chi connectivity index (χ0n) is 9.80. The third-order valence-electron chi connectivity index (χ3n) is 3.43. The van der Waals surface area contributed by atoms with E-state index in [-0.39, 0.29) is 18.1 Å². The Hall–Kier alpha value is -0.910. The van der Waals surface area contributed by atoms with E-state index in [9.17, 15) is 20.1 Å². The number of hydrogen-bond acceptors (Lipinski definition) is 5. The molecule has 0 aromatic rings. The molecule has 1 heterocycles. The zero-order valence-corrected chi connectivity index (χ0v) is 9.80. The van der Waals surface area contributed by atoms with Gasteiger partial charge in [0.15, 0.2) is 0 Å². The van der Waals surface area contributed by atoms with Gasteiger partial charge in [-0.15, -0.1) is 0 Å². The summed E-state index contributed by atoms with van der Waals surface area (Å²) in [6.45, 7) is 1.99. The molecule has 5 heteroatoms. The lowest BCUT2D eigenvalue weighted by Gasteiger charge is -2.36. The number of carbonyl (C=O) groups excluding carboxylic acids is 1. The Morgan fingerprint density at radius 2 is 2.06 bits per heavy atom. The highest BCUT2D eigenvalue weighted by Crippen LogP contribution is 2.35. The molecule has 0 bridgehead atoms. The maximum atomic E-state index is 11.8. The molecule has 3 N–H and O–H groups in total. The van der Waals surface area contributed by atoms with E-state index >= 15 is 0 Å². The largest absolute Gasteiger partial charge is 0.459 e. The second-order valence-electron chi connectivity index (χ2n) is 4.72. The molecule has 96 valence electrons. The Balaban J connectivity index is 2.28. The lowest BCUT2D eigenvalue weighted by Crippen LogP contribution is -2.45. The highest BCUT2D eigenvalue weighted by Gasteiger charge is 2.42. The molecule has 0 spiro atoms. The topological polar surface area (TPSA) is 87.0 Å². The van der Waals surface area contributed by atoms with Gasteiger partial charge in [-0.05, 0) is 12.0 Å². The van der Waals surface area contributed by atoms with Crippen LogP contribution in [0.3, 0.4) is 0 Å². The van der Waals surface area contributed by atoms with Gasteiger partial charge in [-0.25, -0.2) is 4.79 Å². The molecule has 17 heavy (non-hydrogen) atoms. The van der Waals surface area contributed by atoms with Crippen LogP contribution in [-0.4, -0.2) is 45.7 Å². The van der Waals surface area contributed by atoms with Crippen LogP contribution in [0.1, 0.15) is 32.6 Å². The van der Waals surface area contributed by atoms with E-state index in [1.165, 1.54) is 0 Å². The first-order valence-electron chi connectivity index (χ1n) is 6.02. The summed E-state index contributed by atoms with van der Waals surface area (Å²) >= 11 is 0. The fourth-order valence-corrected chi connectivity index (χ4v) is 2.54. The summed E-state index contributed by atoms with van der Waals surface area (Å²) in [6, 6.07) is 0. The number of esters is 1. The van der Waals surface area contributed by atoms with Gasteiger partial charge < -0.3 is 20.1 Å². The summed E-state index contributed by atoms with van der Waals surface area (Å²) in [5, 5.41) is 29.1. The minimum Gasteiger partial charge on any atom is -0.459 e. The van der Waals surface area contributed by atoms with E-state index in [1.54, 1.807) is 0 Å². The lowest BCUT2D eigenvalue weighted by molar-refractivity contribution is -0.150. The Kier molecular flexibility index (Phi) is 3.51. The second kappa shape index (κ2) is 4.76. The van der Waals surface area contributed by atoms with Gasteiger partial charge in [0.05, 0.1) is 17.8 Å². The van der Waals surface area contributed by atoms with Crippen molar-refractivity contribution < 1.29 is 24.9 Å². The molecule has 0 aromatic carbocycles. The third-order valence-corrected chi connectivity index (χ3v) is 3.43. The smallest absolute Gasteiger partial charge is 0.337 e. The van der Waals surface area contributed by atoms with Crippen LogP contribution in [-0.2, 0) is 9.53 Å². The molecule has 0 aromatic heterocycles. The lowest BCUT2D eigenvalue weighted by atomic mass is 9.81. The summed E-state index contributed by atoms with van der Waals surface area (Å²) in [7, 11) is 0. The fraction of sp³-hybridized carbons (Fsp3) is 0.750. The van der Waals surface area contributed by atoms with Crippen molar-refractivity contribution >= 4 is 5.97 Å². The maximum absolute atomic E-state index is 11.8. The molecule has 0 saturated carbocycles. The third kappa shape index (κ3) is 2.22. The average molecular weight is 242 g/mol. The normalized spacial score (nSPS) is 37.8. The van der Waals surface area contributed by atoms with E-state index in [0.717, 1.165) is 12.8 Å². The van der Waals surface area contributed by atoms with Crippen molar-refractivity contribution in [1.29, 1.82) is 0 Å². The average Bonchev–Trinajstić information content (AvgIpc) is 2.26. The first-order valence-corrected chi connectivity index (χ1v) is 6.02. The second-order valence-corrected chi connectivity index (χ2v) is 4.72. The number of cyclic esters (lactones) is 1. The highest BCUT2D eigenvalue weighted by molar-refractivity contribution is 5.92. The van der Waals surface area contributed by atoms with E-state index in [4.69, 9.17) is 4.74 Å². The maximum Gasteiger partial charge on any atom is 0.337 e. The SMILES string of the molecule is CCC[C@H]1CC2=C(C(=O)O1)[C@@H](O)[C@H](O)C[C@@H]2O. The van der Waals surface area contributed by atoms with Crippen molar-refractivity contribution in [2.24, 2.45) is 0 Å². The predicted molar refractivity (Wildman–Crippen MR) is 59.1 cm³/mol. The van der Waals surface area contributed by atoms with E-state index in [0.29, 0.717) is 12.0 Å². The van der Waals surface area contributed by atoms with Crippen LogP contribution < -0.4 is 0 Å². The van der Waals surface area contributed by atoms with Gasteiger partial charge in [0.1, 0.15) is 12.2 Å². The van der Waals surface area contributed by atoms with Crippen LogP contribution in [0.4, 0.5) is 0 Å². The molecule has 0 amide bonds. The molecule has 1 aliphatic heterocycles. The van der Waals surface area contributed by atoms with Crippen molar-refractivity contribution in [2.75, 3.05) is 0 Å². The first kappa shape index (κ1) is 12.5. The van der Waals surface area contributed by atoms with Gasteiger partial charge in [-0.2, -0.15) is 0 Å². The molecule has 5 nitrogen and oxygen atoms in total. The highest BCUT2D eigenvalue weighted by atomic mass is 16.5. The van der Waals surface area contributed by atoms with Gasteiger partial charge in [-0.1, -0.05) is 13.3 Å². The molecule has 0 fully saturated rings. The molecule has 0 unspecified atom stereocenters. The summed E-state index contributed by atoms with van der Waals surface area (Å²) in [6.07, 6.45) is -1.23. The number of aliphatic hydroxyl groups excluding tert-OH is 3. The summed E-state index contributed by atoms with van der Waals surface area (Å²) in [5.74, 6) is -0.602. The monoisotopic (exact) mass is 242 g/mol. The number of ether oxygens (including phenoxy) is 1. The fourth-order valence-electron chi connectivity index (χ4n) is 2.54. The van der Waals surface area contributed by atoms with Crippen LogP contribution in [0.15, 0.2) is 11.1 Å². The summed E-state index contributed by atoms with van der Waals surface area (Å²) < 4.78 is 5.18. The van der Waals surface area contributed by atoms with Crippen molar-refractivity contribution in [3.8, 4) is 0 Å². The molecule has 0 saturated heterocycles. The van der Waals surface area contributed by atoms with Gasteiger partial charge in [0.2, 0.25) is 0 Å². The molecule has 1 aliphatic carbocycles. The number of hydrogen-bond donors (Lipinski definition) is 3. The van der Waals surface area contributed by atoms with Gasteiger partial charge in [0.25, 0.3) is 0 Å². The Bertz CT molecular complexity index is 349. The number of carbonyl (C=O) groups is 1. The number of aliphatic hydroxyl groups is 3. The van der Waals surface area contributed by atoms with Crippen LogP contribution in [0, 0.1) is 0 Å². The molecule has 2 aliphatic rings. The summed E-state index contributed by atoms with van der Waals surface area (Å²) in [4.78, 5) is 11.8. The van der Waals surface area contributed by atoms with E-state index in [1.807, 2.05) is 6.92 Å². The molecule has 2 rings (SSSR count). The van der Waals surface area contributed by atoms with Crippen LogP contribution in [0.5, 0.6) is 0 Å². The minimum absolute atomic E-state index is 0.0589. The zero-order chi connectivity index (χ0) is 12.6. The van der Waals surface area contributed by atoms with Crippen LogP contribution in [0.2, 0.25) is 0 Å². The van der Waals surface area contributed by atoms with E-state index < -0.39 is 24.3 Å². The minimum atomic E-state index is -1.23. The predicted octanol–water partition coefficient (Wildman–Crippen LogP) is -0.115. The van der Waals surface area contributed by atoms with Gasteiger partial charge in [0, 0.05) is 12.8 Å². The van der Waals surface area contributed by atoms with E-state index in [2.05, 4.69) is 0 Å². The van der Waals surface area contributed by atoms with Gasteiger partial charge >= 0.3 is 5.97 Å². The standard InChI is InChI=1S/C12H18O5/c1-2-3-6-4-7-8(13)5-9(14)11(15)10(7)12(16)17-6/h6,8-9,11,13-15H,2-5H2,1H3/t6-,8-,9+,11-/m0/s1. The summed E-state index contributed by atoms with van der Waals surface area (Å²) in [5.41, 5.74) is 0.598. The van der Waals surface area contributed by atoms with Gasteiger partial charge in [-0.3, -0.25) is 0 Å². The van der Waals surface area contributed by atoms with Crippen LogP contribution >= 0.6 is 0 Å².